The van der Waals surface area contributed by atoms with Crippen molar-refractivity contribution in [2.45, 2.75) is 24.9 Å². The molecule has 0 atom stereocenters. The Hall–Kier alpha value is -0.770. The molecule has 0 aromatic heterocycles. The molecule has 0 bridgehead atoms. The van der Waals surface area contributed by atoms with Crippen LogP contribution in [0.3, 0.4) is 0 Å². The highest BCUT2D eigenvalue weighted by Crippen LogP contribution is 2.31. The standard InChI is InChI=1S/C14H20ClN3/c1-18-10-14(4-6-16-7-5-14)17-9-11-8-12(15)2-3-13(11)18/h2-3,8,16-17H,4-7,9-10H2,1H3. The maximum absolute atomic E-state index is 6.10. The monoisotopic (exact) mass is 265 g/mol. The lowest BCUT2D eigenvalue weighted by atomic mass is 9.88. The summed E-state index contributed by atoms with van der Waals surface area (Å²) in [6.45, 7) is 4.21. The van der Waals surface area contributed by atoms with Gasteiger partial charge in [0.05, 0.1) is 0 Å². The molecular formula is C14H20ClN3. The second kappa shape index (κ2) is 4.72. The molecule has 18 heavy (non-hydrogen) atoms. The van der Waals surface area contributed by atoms with Crippen LogP contribution in [0, 0.1) is 0 Å². The van der Waals surface area contributed by atoms with Gasteiger partial charge < -0.3 is 15.5 Å². The zero-order valence-corrected chi connectivity index (χ0v) is 11.6. The predicted molar refractivity (Wildman–Crippen MR) is 76.4 cm³/mol. The zero-order valence-electron chi connectivity index (χ0n) is 10.8. The van der Waals surface area contributed by atoms with Crippen LogP contribution in [-0.2, 0) is 6.54 Å². The highest BCUT2D eigenvalue weighted by molar-refractivity contribution is 6.30. The molecule has 2 heterocycles. The number of hydrogen-bond acceptors (Lipinski definition) is 3. The minimum absolute atomic E-state index is 0.255. The van der Waals surface area contributed by atoms with E-state index in [1.165, 1.54) is 24.1 Å². The third-order valence-electron chi connectivity index (χ3n) is 4.21. The Kier molecular flexibility index (Phi) is 3.22. The maximum Gasteiger partial charge on any atom is 0.0410 e. The SMILES string of the molecule is CN1CC2(CCNCC2)NCc2cc(Cl)ccc21. The van der Waals surface area contributed by atoms with E-state index in [4.69, 9.17) is 11.6 Å². The summed E-state index contributed by atoms with van der Waals surface area (Å²) < 4.78 is 0. The first-order chi connectivity index (χ1) is 8.69. The van der Waals surface area contributed by atoms with Crippen LogP contribution in [0.1, 0.15) is 18.4 Å². The fourth-order valence-electron chi connectivity index (χ4n) is 3.19. The molecule has 1 aromatic carbocycles. The largest absolute Gasteiger partial charge is 0.372 e. The van der Waals surface area contributed by atoms with Gasteiger partial charge in [0.1, 0.15) is 0 Å². The second-order valence-electron chi connectivity index (χ2n) is 5.51. The number of fused-ring (bicyclic) bond motifs is 1. The molecular weight excluding hydrogens is 246 g/mol. The van der Waals surface area contributed by atoms with E-state index in [0.717, 1.165) is 31.2 Å². The number of piperidine rings is 1. The summed E-state index contributed by atoms with van der Waals surface area (Å²) in [7, 11) is 2.18. The summed E-state index contributed by atoms with van der Waals surface area (Å²) in [5, 5.41) is 8.04. The summed E-state index contributed by atoms with van der Waals surface area (Å²) in [5.74, 6) is 0. The van der Waals surface area contributed by atoms with E-state index in [0.29, 0.717) is 0 Å². The second-order valence-corrected chi connectivity index (χ2v) is 5.95. The molecule has 1 aromatic rings. The van der Waals surface area contributed by atoms with Crippen molar-refractivity contribution in [1.29, 1.82) is 0 Å². The fraction of sp³-hybridized carbons (Fsp3) is 0.571. The van der Waals surface area contributed by atoms with Crippen molar-refractivity contribution < 1.29 is 0 Å². The highest BCUT2D eigenvalue weighted by Gasteiger charge is 2.35. The Bertz CT molecular complexity index is 441. The van der Waals surface area contributed by atoms with Gasteiger partial charge in [0, 0.05) is 36.4 Å². The van der Waals surface area contributed by atoms with Crippen molar-refractivity contribution in [3.05, 3.63) is 28.8 Å². The lowest BCUT2D eigenvalue weighted by Crippen LogP contribution is -2.56. The number of nitrogens with zero attached hydrogens (tertiary/aromatic N) is 1. The average molecular weight is 266 g/mol. The molecule has 98 valence electrons. The Morgan fingerprint density at radius 1 is 1.28 bits per heavy atom. The molecule has 0 radical (unpaired) electrons. The van der Waals surface area contributed by atoms with E-state index in [-0.39, 0.29) is 5.54 Å². The third-order valence-corrected chi connectivity index (χ3v) is 4.44. The summed E-state index contributed by atoms with van der Waals surface area (Å²) >= 11 is 6.10. The van der Waals surface area contributed by atoms with Gasteiger partial charge in [-0.1, -0.05) is 11.6 Å². The predicted octanol–water partition coefficient (Wildman–Crippen LogP) is 2.00. The minimum Gasteiger partial charge on any atom is -0.372 e. The van der Waals surface area contributed by atoms with Crippen molar-refractivity contribution in [3.63, 3.8) is 0 Å². The van der Waals surface area contributed by atoms with E-state index in [9.17, 15) is 0 Å². The lowest BCUT2D eigenvalue weighted by molar-refractivity contribution is 0.250. The lowest BCUT2D eigenvalue weighted by Gasteiger charge is -2.39. The number of likely N-dealkylation sites (N-methyl/N-ethyl adjacent to an activating group) is 1. The molecule has 0 aliphatic carbocycles. The number of nitrogens with one attached hydrogen (secondary N) is 2. The molecule has 1 spiro atoms. The Morgan fingerprint density at radius 3 is 2.83 bits per heavy atom. The van der Waals surface area contributed by atoms with E-state index < -0.39 is 0 Å². The molecule has 1 fully saturated rings. The van der Waals surface area contributed by atoms with Gasteiger partial charge in [-0.2, -0.15) is 0 Å². The van der Waals surface area contributed by atoms with Crippen molar-refractivity contribution in [2.75, 3.05) is 31.6 Å². The Labute approximate surface area is 114 Å². The topological polar surface area (TPSA) is 27.3 Å². The van der Waals surface area contributed by atoms with Crippen molar-refractivity contribution in [3.8, 4) is 0 Å². The Balaban J connectivity index is 1.90. The van der Waals surface area contributed by atoms with Crippen molar-refractivity contribution >= 4 is 17.3 Å². The fourth-order valence-corrected chi connectivity index (χ4v) is 3.38. The minimum atomic E-state index is 0.255. The van der Waals surface area contributed by atoms with Gasteiger partial charge >= 0.3 is 0 Å². The van der Waals surface area contributed by atoms with Gasteiger partial charge in [0.2, 0.25) is 0 Å². The number of benzene rings is 1. The molecule has 2 aliphatic rings. The zero-order chi connectivity index (χ0) is 12.6. The molecule has 3 nitrogen and oxygen atoms in total. The normalized spacial score (nSPS) is 22.7. The molecule has 3 rings (SSSR count). The van der Waals surface area contributed by atoms with Crippen LogP contribution in [0.25, 0.3) is 0 Å². The van der Waals surface area contributed by atoms with Crippen molar-refractivity contribution in [2.24, 2.45) is 0 Å². The van der Waals surface area contributed by atoms with Crippen LogP contribution in [0.15, 0.2) is 18.2 Å². The van der Waals surface area contributed by atoms with Crippen LogP contribution in [0.2, 0.25) is 5.02 Å². The van der Waals surface area contributed by atoms with E-state index in [1.807, 2.05) is 6.07 Å². The first kappa shape index (κ1) is 12.3. The van der Waals surface area contributed by atoms with E-state index in [1.54, 1.807) is 0 Å². The van der Waals surface area contributed by atoms with Gasteiger partial charge in [-0.3, -0.25) is 0 Å². The number of halogens is 1. The first-order valence-electron chi connectivity index (χ1n) is 6.64. The van der Waals surface area contributed by atoms with Crippen LogP contribution in [0.4, 0.5) is 5.69 Å². The molecule has 1 saturated heterocycles. The van der Waals surface area contributed by atoms with Crippen LogP contribution < -0.4 is 15.5 Å². The van der Waals surface area contributed by atoms with Gasteiger partial charge in [0.25, 0.3) is 0 Å². The van der Waals surface area contributed by atoms with E-state index in [2.05, 4.69) is 34.7 Å². The molecule has 0 unspecified atom stereocenters. The van der Waals surface area contributed by atoms with E-state index >= 15 is 0 Å². The quantitative estimate of drug-likeness (QED) is 0.751. The van der Waals surface area contributed by atoms with Gasteiger partial charge in [-0.15, -0.1) is 0 Å². The van der Waals surface area contributed by atoms with Gasteiger partial charge in [-0.25, -0.2) is 0 Å². The summed E-state index contributed by atoms with van der Waals surface area (Å²) in [5.41, 5.74) is 2.87. The summed E-state index contributed by atoms with van der Waals surface area (Å²) in [6.07, 6.45) is 2.39. The maximum atomic E-state index is 6.10. The summed E-state index contributed by atoms with van der Waals surface area (Å²) in [4.78, 5) is 2.37. The van der Waals surface area contributed by atoms with Crippen molar-refractivity contribution in [1.82, 2.24) is 10.6 Å². The number of rotatable bonds is 0. The Morgan fingerprint density at radius 2 is 2.06 bits per heavy atom. The molecule has 2 N–H and O–H groups in total. The number of hydrogen-bond donors (Lipinski definition) is 2. The smallest absolute Gasteiger partial charge is 0.0410 e. The van der Waals surface area contributed by atoms with Crippen LogP contribution in [-0.4, -0.2) is 32.2 Å². The average Bonchev–Trinajstić information content (AvgIpc) is 2.49. The number of anilines is 1. The van der Waals surface area contributed by atoms with Gasteiger partial charge in [-0.05, 0) is 49.7 Å². The first-order valence-corrected chi connectivity index (χ1v) is 7.02. The highest BCUT2D eigenvalue weighted by atomic mass is 35.5. The van der Waals surface area contributed by atoms with Crippen LogP contribution in [0.5, 0.6) is 0 Å². The van der Waals surface area contributed by atoms with Gasteiger partial charge in [0.15, 0.2) is 0 Å². The molecule has 0 amide bonds. The third kappa shape index (κ3) is 2.22. The summed E-state index contributed by atoms with van der Waals surface area (Å²) in [6, 6.07) is 6.21. The molecule has 4 heteroatoms. The van der Waals surface area contributed by atoms with Crippen LogP contribution >= 0.6 is 11.6 Å². The molecule has 2 aliphatic heterocycles. The molecule has 0 saturated carbocycles.